The van der Waals surface area contributed by atoms with E-state index in [2.05, 4.69) is 78.4 Å². The van der Waals surface area contributed by atoms with Crippen LogP contribution in [0.5, 0.6) is 0 Å². The van der Waals surface area contributed by atoms with Crippen molar-refractivity contribution in [2.45, 2.75) is 33.9 Å². The Kier molecular flexibility index (Phi) is 6.20. The fourth-order valence-corrected chi connectivity index (χ4v) is 3.51. The van der Waals surface area contributed by atoms with Gasteiger partial charge in [-0.2, -0.15) is 0 Å². The van der Waals surface area contributed by atoms with E-state index < -0.39 is 0 Å². The molecule has 0 radical (unpaired) electrons. The molecule has 0 amide bonds. The first kappa shape index (κ1) is 19.1. The van der Waals surface area contributed by atoms with E-state index in [-0.39, 0.29) is 0 Å². The second kappa shape index (κ2) is 8.78. The molecule has 4 heteroatoms. The van der Waals surface area contributed by atoms with Gasteiger partial charge in [0.15, 0.2) is 5.11 Å². The number of nitrogens with zero attached hydrogens (tertiary/aromatic N) is 2. The Balaban J connectivity index is 1.84. The average Bonchev–Trinajstić information content (AvgIpc) is 2.65. The van der Waals surface area contributed by atoms with E-state index in [9.17, 15) is 0 Å². The molecule has 0 saturated heterocycles. The van der Waals surface area contributed by atoms with Crippen molar-refractivity contribution in [2.24, 2.45) is 0 Å². The van der Waals surface area contributed by atoms with Gasteiger partial charge in [0.2, 0.25) is 0 Å². The van der Waals surface area contributed by atoms with Gasteiger partial charge in [0.25, 0.3) is 0 Å². The van der Waals surface area contributed by atoms with E-state index >= 15 is 0 Å². The maximum Gasteiger partial charge on any atom is 0.174 e. The molecule has 3 aromatic rings. The van der Waals surface area contributed by atoms with Crippen LogP contribution in [0, 0.1) is 20.8 Å². The van der Waals surface area contributed by atoms with Gasteiger partial charge >= 0.3 is 0 Å². The Morgan fingerprint density at radius 1 is 0.926 bits per heavy atom. The van der Waals surface area contributed by atoms with E-state index in [0.29, 0.717) is 6.54 Å². The summed E-state index contributed by atoms with van der Waals surface area (Å²) >= 11 is 5.80. The molecule has 0 unspecified atom stereocenters. The number of rotatable bonds is 5. The van der Waals surface area contributed by atoms with Crippen LogP contribution in [0.2, 0.25) is 0 Å². The summed E-state index contributed by atoms with van der Waals surface area (Å²) in [5.41, 5.74) is 7.12. The lowest BCUT2D eigenvalue weighted by Gasteiger charge is -2.27. The minimum absolute atomic E-state index is 0.707. The van der Waals surface area contributed by atoms with Gasteiger partial charge in [0.1, 0.15) is 0 Å². The Morgan fingerprint density at radius 3 is 2.19 bits per heavy atom. The third-order valence-corrected chi connectivity index (χ3v) is 4.87. The molecular weight excluding hydrogens is 350 g/mol. The predicted molar refractivity (Wildman–Crippen MR) is 117 cm³/mol. The molecule has 0 aliphatic rings. The van der Waals surface area contributed by atoms with Crippen molar-refractivity contribution in [1.82, 2.24) is 9.88 Å². The summed E-state index contributed by atoms with van der Waals surface area (Å²) in [5.74, 6) is 0. The number of hydrogen-bond donors (Lipinski definition) is 1. The molecule has 3 rings (SSSR count). The second-order valence-electron chi connectivity index (χ2n) is 6.91. The summed E-state index contributed by atoms with van der Waals surface area (Å²) in [6.07, 6.45) is 3.68. The highest BCUT2D eigenvalue weighted by Crippen LogP contribution is 2.23. The smallest absolute Gasteiger partial charge is 0.174 e. The molecule has 1 heterocycles. The van der Waals surface area contributed by atoms with Gasteiger partial charge < -0.3 is 10.2 Å². The lowest BCUT2D eigenvalue weighted by molar-refractivity contribution is 0.412. The number of aryl methyl sites for hydroxylation is 3. The largest absolute Gasteiger partial charge is 0.340 e. The third-order valence-electron chi connectivity index (χ3n) is 4.51. The van der Waals surface area contributed by atoms with Crippen LogP contribution in [0.25, 0.3) is 0 Å². The monoisotopic (exact) mass is 375 g/mol. The summed E-state index contributed by atoms with van der Waals surface area (Å²) in [6, 6.07) is 18.8. The first-order valence-corrected chi connectivity index (χ1v) is 9.50. The van der Waals surface area contributed by atoms with Crippen LogP contribution in [0.3, 0.4) is 0 Å². The van der Waals surface area contributed by atoms with Crippen LogP contribution in [0.15, 0.2) is 67.0 Å². The number of benzene rings is 2. The third kappa shape index (κ3) is 5.14. The van der Waals surface area contributed by atoms with Gasteiger partial charge in [-0.3, -0.25) is 4.98 Å². The van der Waals surface area contributed by atoms with Crippen molar-refractivity contribution in [1.29, 1.82) is 0 Å². The zero-order chi connectivity index (χ0) is 19.2. The van der Waals surface area contributed by atoms with Crippen molar-refractivity contribution in [2.75, 3.05) is 5.32 Å². The topological polar surface area (TPSA) is 28.2 Å². The molecule has 3 nitrogen and oxygen atoms in total. The minimum Gasteiger partial charge on any atom is -0.340 e. The van der Waals surface area contributed by atoms with Crippen LogP contribution in [0.4, 0.5) is 5.69 Å². The standard InChI is InChI=1S/C23H25N3S/c1-17-12-18(2)22(19(3)13-17)25-23(27)26(15-20-8-5-4-6-9-20)16-21-10-7-11-24-14-21/h4-14H,15-16H2,1-3H3,(H,25,27). The Labute approximate surface area is 167 Å². The van der Waals surface area contributed by atoms with Crippen molar-refractivity contribution in [3.63, 3.8) is 0 Å². The number of pyridine rings is 1. The molecule has 2 aromatic carbocycles. The number of nitrogens with one attached hydrogen (secondary N) is 1. The van der Waals surface area contributed by atoms with E-state index in [4.69, 9.17) is 12.2 Å². The molecule has 27 heavy (non-hydrogen) atoms. The van der Waals surface area contributed by atoms with Crippen LogP contribution in [-0.4, -0.2) is 15.0 Å². The summed E-state index contributed by atoms with van der Waals surface area (Å²) in [7, 11) is 0. The molecule has 0 bridgehead atoms. The van der Waals surface area contributed by atoms with Crippen molar-refractivity contribution in [3.8, 4) is 0 Å². The molecular formula is C23H25N3S. The van der Waals surface area contributed by atoms with E-state index in [0.717, 1.165) is 22.9 Å². The average molecular weight is 376 g/mol. The quantitative estimate of drug-likeness (QED) is 0.604. The van der Waals surface area contributed by atoms with Crippen molar-refractivity contribution < 1.29 is 0 Å². The molecule has 1 aromatic heterocycles. The van der Waals surface area contributed by atoms with Crippen LogP contribution in [0.1, 0.15) is 27.8 Å². The fraction of sp³-hybridized carbons (Fsp3) is 0.217. The Hall–Kier alpha value is -2.72. The van der Waals surface area contributed by atoms with Gasteiger partial charge in [0.05, 0.1) is 0 Å². The highest BCUT2D eigenvalue weighted by molar-refractivity contribution is 7.80. The molecule has 0 aliphatic carbocycles. The molecule has 0 spiro atoms. The molecule has 0 saturated carbocycles. The van der Waals surface area contributed by atoms with Gasteiger partial charge in [-0.1, -0.05) is 54.1 Å². The predicted octanol–water partition coefficient (Wildman–Crippen LogP) is 5.41. The molecule has 0 fully saturated rings. The fourth-order valence-electron chi connectivity index (χ4n) is 3.28. The first-order chi connectivity index (χ1) is 13.0. The van der Waals surface area contributed by atoms with Crippen molar-refractivity contribution >= 4 is 23.0 Å². The zero-order valence-electron chi connectivity index (χ0n) is 16.1. The van der Waals surface area contributed by atoms with Crippen LogP contribution < -0.4 is 5.32 Å². The number of anilines is 1. The Morgan fingerprint density at radius 2 is 1.56 bits per heavy atom. The second-order valence-corrected chi connectivity index (χ2v) is 7.29. The van der Waals surface area contributed by atoms with E-state index in [1.807, 2.05) is 18.3 Å². The summed E-state index contributed by atoms with van der Waals surface area (Å²) < 4.78 is 0. The SMILES string of the molecule is Cc1cc(C)c(NC(=S)N(Cc2ccccc2)Cc2cccnc2)c(C)c1. The normalized spacial score (nSPS) is 10.5. The van der Waals surface area contributed by atoms with Gasteiger partial charge in [0, 0.05) is 31.2 Å². The number of hydrogen-bond acceptors (Lipinski definition) is 2. The zero-order valence-corrected chi connectivity index (χ0v) is 16.9. The number of thiocarbonyl (C=S) groups is 1. The lowest BCUT2D eigenvalue weighted by atomic mass is 10.1. The first-order valence-electron chi connectivity index (χ1n) is 9.09. The lowest BCUT2D eigenvalue weighted by Crippen LogP contribution is -2.34. The van der Waals surface area contributed by atoms with Crippen LogP contribution in [-0.2, 0) is 13.1 Å². The molecule has 1 N–H and O–H groups in total. The highest BCUT2D eigenvalue weighted by atomic mass is 32.1. The molecule has 0 aliphatic heterocycles. The van der Waals surface area contributed by atoms with Crippen molar-refractivity contribution in [3.05, 3.63) is 94.8 Å². The molecule has 0 atom stereocenters. The maximum absolute atomic E-state index is 5.80. The summed E-state index contributed by atoms with van der Waals surface area (Å²) in [6.45, 7) is 7.80. The van der Waals surface area contributed by atoms with Gasteiger partial charge in [-0.15, -0.1) is 0 Å². The summed E-state index contributed by atoms with van der Waals surface area (Å²) in [4.78, 5) is 6.42. The van der Waals surface area contributed by atoms with Gasteiger partial charge in [-0.05, 0) is 61.3 Å². The summed E-state index contributed by atoms with van der Waals surface area (Å²) in [5, 5.41) is 4.20. The maximum atomic E-state index is 5.80. The molecule has 138 valence electrons. The van der Waals surface area contributed by atoms with Crippen LogP contribution >= 0.6 is 12.2 Å². The highest BCUT2D eigenvalue weighted by Gasteiger charge is 2.14. The Bertz CT molecular complexity index is 843. The van der Waals surface area contributed by atoms with Gasteiger partial charge in [-0.25, -0.2) is 0 Å². The van der Waals surface area contributed by atoms with E-state index in [1.165, 1.54) is 22.3 Å². The van der Waals surface area contributed by atoms with E-state index in [1.54, 1.807) is 6.20 Å². The minimum atomic E-state index is 0.707. The number of aromatic nitrogens is 1.